The smallest absolute Gasteiger partial charge is 0.340 e. The lowest BCUT2D eigenvalue weighted by atomic mass is 10.2. The van der Waals surface area contributed by atoms with E-state index < -0.39 is 5.97 Å². The SMILES string of the molecule is COC(=O)c1cc(Cl)ccc1NC(=O)CBr. The van der Waals surface area contributed by atoms with Crippen molar-refractivity contribution < 1.29 is 14.3 Å². The molecule has 16 heavy (non-hydrogen) atoms. The fourth-order valence-corrected chi connectivity index (χ4v) is 1.40. The van der Waals surface area contributed by atoms with Gasteiger partial charge in [-0.25, -0.2) is 4.79 Å². The topological polar surface area (TPSA) is 55.4 Å². The second kappa shape index (κ2) is 5.86. The summed E-state index contributed by atoms with van der Waals surface area (Å²) in [5, 5.41) is 3.11. The van der Waals surface area contributed by atoms with E-state index in [1.54, 1.807) is 12.1 Å². The van der Waals surface area contributed by atoms with E-state index in [4.69, 9.17) is 11.6 Å². The monoisotopic (exact) mass is 305 g/mol. The molecule has 0 atom stereocenters. The molecule has 0 aromatic heterocycles. The van der Waals surface area contributed by atoms with Gasteiger partial charge in [0.15, 0.2) is 0 Å². The van der Waals surface area contributed by atoms with E-state index in [1.807, 2.05) is 0 Å². The Morgan fingerprint density at radius 3 is 2.75 bits per heavy atom. The molecule has 86 valence electrons. The largest absolute Gasteiger partial charge is 0.465 e. The average molecular weight is 307 g/mol. The highest BCUT2D eigenvalue weighted by atomic mass is 79.9. The minimum atomic E-state index is -0.549. The highest BCUT2D eigenvalue weighted by molar-refractivity contribution is 9.09. The second-order valence-electron chi connectivity index (χ2n) is 2.86. The number of hydrogen-bond acceptors (Lipinski definition) is 3. The van der Waals surface area contributed by atoms with Gasteiger partial charge >= 0.3 is 5.97 Å². The third-order valence-electron chi connectivity index (χ3n) is 1.78. The van der Waals surface area contributed by atoms with Crippen LogP contribution in [-0.4, -0.2) is 24.3 Å². The van der Waals surface area contributed by atoms with Crippen molar-refractivity contribution in [3.8, 4) is 0 Å². The Labute approximate surface area is 106 Å². The molecule has 0 fully saturated rings. The summed E-state index contributed by atoms with van der Waals surface area (Å²) in [5.74, 6) is -0.806. The third-order valence-corrected chi connectivity index (χ3v) is 2.53. The minimum Gasteiger partial charge on any atom is -0.465 e. The Morgan fingerprint density at radius 2 is 2.19 bits per heavy atom. The third kappa shape index (κ3) is 3.21. The van der Waals surface area contributed by atoms with Crippen molar-refractivity contribution in [2.75, 3.05) is 17.8 Å². The van der Waals surface area contributed by atoms with Gasteiger partial charge in [-0.1, -0.05) is 27.5 Å². The Bertz CT molecular complexity index is 423. The standard InChI is InChI=1S/C10H9BrClNO3/c1-16-10(15)7-4-6(12)2-3-8(7)13-9(14)5-11/h2-4H,5H2,1H3,(H,13,14). The number of nitrogens with one attached hydrogen (secondary N) is 1. The molecule has 0 unspecified atom stereocenters. The summed E-state index contributed by atoms with van der Waals surface area (Å²) in [6.07, 6.45) is 0. The maximum absolute atomic E-state index is 11.4. The van der Waals surface area contributed by atoms with Gasteiger partial charge in [-0.3, -0.25) is 4.79 Å². The number of rotatable bonds is 3. The lowest BCUT2D eigenvalue weighted by molar-refractivity contribution is -0.113. The molecule has 1 rings (SSSR count). The Balaban J connectivity index is 3.07. The van der Waals surface area contributed by atoms with Gasteiger partial charge in [-0.05, 0) is 18.2 Å². The zero-order valence-corrected chi connectivity index (χ0v) is 10.8. The molecule has 1 N–H and O–H groups in total. The van der Waals surface area contributed by atoms with Gasteiger partial charge in [0.25, 0.3) is 0 Å². The van der Waals surface area contributed by atoms with Crippen LogP contribution in [0.2, 0.25) is 5.02 Å². The van der Waals surface area contributed by atoms with Crippen molar-refractivity contribution >= 4 is 45.1 Å². The number of carbonyl (C=O) groups excluding carboxylic acids is 2. The normalized spacial score (nSPS) is 9.69. The van der Waals surface area contributed by atoms with E-state index >= 15 is 0 Å². The molecular weight excluding hydrogens is 297 g/mol. The molecule has 1 aromatic rings. The lowest BCUT2D eigenvalue weighted by Gasteiger charge is -2.08. The molecule has 0 radical (unpaired) electrons. The van der Waals surface area contributed by atoms with Crippen LogP contribution in [0.3, 0.4) is 0 Å². The van der Waals surface area contributed by atoms with Crippen LogP contribution in [0.1, 0.15) is 10.4 Å². The zero-order valence-electron chi connectivity index (χ0n) is 8.42. The molecule has 0 aliphatic heterocycles. The van der Waals surface area contributed by atoms with Crippen LogP contribution in [-0.2, 0) is 9.53 Å². The van der Waals surface area contributed by atoms with Crippen LogP contribution in [0.4, 0.5) is 5.69 Å². The number of benzene rings is 1. The summed E-state index contributed by atoms with van der Waals surface area (Å²) in [6, 6.07) is 4.57. The molecular formula is C10H9BrClNO3. The number of ether oxygens (including phenoxy) is 1. The molecule has 1 amide bonds. The summed E-state index contributed by atoms with van der Waals surface area (Å²) >= 11 is 8.77. The Morgan fingerprint density at radius 1 is 1.50 bits per heavy atom. The molecule has 1 aromatic carbocycles. The quantitative estimate of drug-likeness (QED) is 0.689. The van der Waals surface area contributed by atoms with Crippen molar-refractivity contribution in [2.45, 2.75) is 0 Å². The van der Waals surface area contributed by atoms with Gasteiger partial charge in [-0.2, -0.15) is 0 Å². The van der Waals surface area contributed by atoms with Crippen molar-refractivity contribution in [1.82, 2.24) is 0 Å². The molecule has 0 spiro atoms. The fourth-order valence-electron chi connectivity index (χ4n) is 1.09. The van der Waals surface area contributed by atoms with Gasteiger partial charge in [0.1, 0.15) is 0 Å². The molecule has 0 heterocycles. The van der Waals surface area contributed by atoms with Crippen molar-refractivity contribution in [2.24, 2.45) is 0 Å². The molecule has 0 saturated carbocycles. The predicted molar refractivity (Wildman–Crippen MR) is 65.2 cm³/mol. The van der Waals surface area contributed by atoms with Crippen LogP contribution in [0.5, 0.6) is 0 Å². The number of halogens is 2. The van der Waals surface area contributed by atoms with Gasteiger partial charge in [0, 0.05) is 5.02 Å². The van der Waals surface area contributed by atoms with Crippen LogP contribution in [0.15, 0.2) is 18.2 Å². The molecule has 0 aliphatic carbocycles. The van der Waals surface area contributed by atoms with Crippen LogP contribution in [0, 0.1) is 0 Å². The molecule has 0 bridgehead atoms. The van der Waals surface area contributed by atoms with Crippen LogP contribution >= 0.6 is 27.5 Å². The molecule has 0 aliphatic rings. The Kier molecular flexibility index (Phi) is 4.76. The first-order valence-electron chi connectivity index (χ1n) is 4.32. The Hall–Kier alpha value is -1.07. The van der Waals surface area contributed by atoms with E-state index in [9.17, 15) is 9.59 Å². The number of methoxy groups -OCH3 is 1. The molecule has 4 nitrogen and oxygen atoms in total. The average Bonchev–Trinajstić information content (AvgIpc) is 2.30. The number of carbonyl (C=O) groups is 2. The number of alkyl halides is 1. The van der Waals surface area contributed by atoms with Crippen molar-refractivity contribution in [1.29, 1.82) is 0 Å². The van der Waals surface area contributed by atoms with E-state index in [0.717, 1.165) is 0 Å². The van der Waals surface area contributed by atoms with Gasteiger partial charge < -0.3 is 10.1 Å². The lowest BCUT2D eigenvalue weighted by Crippen LogP contribution is -2.15. The summed E-state index contributed by atoms with van der Waals surface area (Å²) in [6.45, 7) is 0. The van der Waals surface area contributed by atoms with Gasteiger partial charge in [0.05, 0.1) is 23.7 Å². The maximum Gasteiger partial charge on any atom is 0.340 e. The molecule has 6 heteroatoms. The maximum atomic E-state index is 11.4. The highest BCUT2D eigenvalue weighted by Gasteiger charge is 2.13. The summed E-state index contributed by atoms with van der Waals surface area (Å²) in [4.78, 5) is 22.6. The number of amides is 1. The zero-order chi connectivity index (χ0) is 12.1. The summed E-state index contributed by atoms with van der Waals surface area (Å²) in [5.41, 5.74) is 0.602. The van der Waals surface area contributed by atoms with Crippen LogP contribution in [0.25, 0.3) is 0 Å². The number of hydrogen-bond donors (Lipinski definition) is 1. The predicted octanol–water partition coefficient (Wildman–Crippen LogP) is 2.46. The highest BCUT2D eigenvalue weighted by Crippen LogP contribution is 2.21. The van der Waals surface area contributed by atoms with Gasteiger partial charge in [-0.15, -0.1) is 0 Å². The second-order valence-corrected chi connectivity index (χ2v) is 3.86. The summed E-state index contributed by atoms with van der Waals surface area (Å²) < 4.78 is 4.59. The summed E-state index contributed by atoms with van der Waals surface area (Å²) in [7, 11) is 1.26. The van der Waals surface area contributed by atoms with E-state index in [1.165, 1.54) is 13.2 Å². The number of anilines is 1. The van der Waals surface area contributed by atoms with Gasteiger partial charge in [0.2, 0.25) is 5.91 Å². The molecule has 0 saturated heterocycles. The first-order chi connectivity index (χ1) is 7.58. The van der Waals surface area contributed by atoms with E-state index in [-0.39, 0.29) is 16.8 Å². The van der Waals surface area contributed by atoms with E-state index in [0.29, 0.717) is 10.7 Å². The van der Waals surface area contributed by atoms with Crippen molar-refractivity contribution in [3.05, 3.63) is 28.8 Å². The fraction of sp³-hybridized carbons (Fsp3) is 0.200. The first kappa shape index (κ1) is 13.0. The minimum absolute atomic E-state index is 0.149. The first-order valence-corrected chi connectivity index (χ1v) is 5.82. The van der Waals surface area contributed by atoms with Crippen LogP contribution < -0.4 is 5.32 Å². The van der Waals surface area contributed by atoms with Crippen molar-refractivity contribution in [3.63, 3.8) is 0 Å². The van der Waals surface area contributed by atoms with E-state index in [2.05, 4.69) is 26.0 Å². The number of esters is 1.